The van der Waals surface area contributed by atoms with Gasteiger partial charge < -0.3 is 19.5 Å². The van der Waals surface area contributed by atoms with Gasteiger partial charge >= 0.3 is 0 Å². The minimum absolute atomic E-state index is 0.0317. The normalized spacial score (nSPS) is 16.6. The molecule has 0 spiro atoms. The zero-order valence-electron chi connectivity index (χ0n) is 13.4. The Bertz CT molecular complexity index is 624. The molecule has 1 aromatic rings. The Morgan fingerprint density at radius 1 is 1.54 bits per heavy atom. The van der Waals surface area contributed by atoms with Crippen molar-refractivity contribution < 1.29 is 14.2 Å². The van der Waals surface area contributed by atoms with Crippen molar-refractivity contribution in [2.45, 2.75) is 18.9 Å². The van der Waals surface area contributed by atoms with Gasteiger partial charge in [0, 0.05) is 13.2 Å². The van der Waals surface area contributed by atoms with E-state index in [2.05, 4.69) is 15.8 Å². The van der Waals surface area contributed by atoms with E-state index in [-0.39, 0.29) is 12.7 Å². The molecule has 24 heavy (non-hydrogen) atoms. The van der Waals surface area contributed by atoms with Gasteiger partial charge in [-0.2, -0.15) is 10.4 Å². The second-order valence-corrected chi connectivity index (χ2v) is 5.48. The molecule has 1 saturated heterocycles. The first kappa shape index (κ1) is 18.0. The second-order valence-electron chi connectivity index (χ2n) is 5.07. The van der Waals surface area contributed by atoms with E-state index >= 15 is 0 Å². The van der Waals surface area contributed by atoms with Crippen molar-refractivity contribution >= 4 is 23.5 Å². The molecule has 0 bridgehead atoms. The molecule has 7 nitrogen and oxygen atoms in total. The summed E-state index contributed by atoms with van der Waals surface area (Å²) in [6, 6.07) is 7.22. The summed E-state index contributed by atoms with van der Waals surface area (Å²) >= 11 is 5.15. The Morgan fingerprint density at radius 2 is 2.42 bits per heavy atom. The molecule has 1 heterocycles. The number of nitrogens with one attached hydrogen (secondary N) is 2. The Morgan fingerprint density at radius 3 is 3.12 bits per heavy atom. The predicted molar refractivity (Wildman–Crippen MR) is 94.4 cm³/mol. The highest BCUT2D eigenvalue weighted by Crippen LogP contribution is 2.27. The fourth-order valence-corrected chi connectivity index (χ4v) is 2.35. The molecule has 0 aliphatic carbocycles. The summed E-state index contributed by atoms with van der Waals surface area (Å²) in [7, 11) is 1.54. The minimum atomic E-state index is -0.0317. The maximum Gasteiger partial charge on any atom is 0.187 e. The van der Waals surface area contributed by atoms with E-state index in [0.29, 0.717) is 23.2 Å². The van der Waals surface area contributed by atoms with Gasteiger partial charge in [0.25, 0.3) is 0 Å². The van der Waals surface area contributed by atoms with E-state index in [1.165, 1.54) is 7.11 Å². The van der Waals surface area contributed by atoms with E-state index in [9.17, 15) is 0 Å². The summed E-state index contributed by atoms with van der Waals surface area (Å²) in [5, 5.41) is 16.2. The van der Waals surface area contributed by atoms with Crippen molar-refractivity contribution in [3.63, 3.8) is 0 Å². The van der Waals surface area contributed by atoms with Gasteiger partial charge in [0.2, 0.25) is 0 Å². The van der Waals surface area contributed by atoms with E-state index in [1.807, 2.05) is 12.1 Å². The van der Waals surface area contributed by atoms with Gasteiger partial charge in [-0.05, 0) is 48.8 Å². The molecule has 0 unspecified atom stereocenters. The van der Waals surface area contributed by atoms with Crippen molar-refractivity contribution in [2.24, 2.45) is 5.10 Å². The average molecular weight is 348 g/mol. The number of nitriles is 1. The van der Waals surface area contributed by atoms with Gasteiger partial charge in [-0.15, -0.1) is 0 Å². The highest BCUT2D eigenvalue weighted by Gasteiger charge is 2.15. The number of thiocarbonyl (C=S) groups is 1. The molecule has 1 aliphatic heterocycles. The molecule has 2 rings (SSSR count). The van der Waals surface area contributed by atoms with Crippen LogP contribution in [0.5, 0.6) is 11.5 Å². The van der Waals surface area contributed by atoms with Crippen LogP contribution in [0.3, 0.4) is 0 Å². The largest absolute Gasteiger partial charge is 0.493 e. The Hall–Kier alpha value is -2.37. The molecule has 1 aromatic carbocycles. The van der Waals surface area contributed by atoms with Crippen molar-refractivity contribution in [2.75, 3.05) is 26.9 Å². The molecule has 8 heteroatoms. The van der Waals surface area contributed by atoms with Crippen LogP contribution in [0.1, 0.15) is 18.4 Å². The lowest BCUT2D eigenvalue weighted by molar-refractivity contribution is 0.114. The highest BCUT2D eigenvalue weighted by molar-refractivity contribution is 7.80. The summed E-state index contributed by atoms with van der Waals surface area (Å²) in [4.78, 5) is 0. The Labute approximate surface area is 146 Å². The molecule has 1 aliphatic rings. The summed E-state index contributed by atoms with van der Waals surface area (Å²) in [6.07, 6.45) is 4.00. The summed E-state index contributed by atoms with van der Waals surface area (Å²) < 4.78 is 16.0. The third-order valence-electron chi connectivity index (χ3n) is 3.37. The van der Waals surface area contributed by atoms with Crippen LogP contribution >= 0.6 is 12.2 Å². The van der Waals surface area contributed by atoms with Crippen LogP contribution in [0.2, 0.25) is 0 Å². The van der Waals surface area contributed by atoms with Gasteiger partial charge in [0.05, 0.1) is 19.4 Å². The lowest BCUT2D eigenvalue weighted by Crippen LogP contribution is -2.37. The van der Waals surface area contributed by atoms with Gasteiger partial charge in [0.15, 0.2) is 23.2 Å². The standard InChI is InChI=1S/C16H20N4O3S/c1-21-15-9-12(4-5-14(15)23-8-6-17)10-19-20-16(24)18-11-13-3-2-7-22-13/h4-5,9-10,13H,2-3,7-8,11H2,1H3,(H2,18,20,24)/b19-10-/t13-/m1/s1. The van der Waals surface area contributed by atoms with Crippen LogP contribution in [0, 0.1) is 11.3 Å². The average Bonchev–Trinajstić information content (AvgIpc) is 3.12. The number of hydrogen-bond acceptors (Lipinski definition) is 6. The lowest BCUT2D eigenvalue weighted by atomic mass is 10.2. The van der Waals surface area contributed by atoms with Gasteiger partial charge in [-0.1, -0.05) is 0 Å². The van der Waals surface area contributed by atoms with Gasteiger partial charge in [-0.3, -0.25) is 5.43 Å². The molecule has 0 radical (unpaired) electrons. The zero-order chi connectivity index (χ0) is 17.2. The maximum absolute atomic E-state index is 8.56. The number of hydrazone groups is 1. The van der Waals surface area contributed by atoms with Crippen LogP contribution in [0.25, 0.3) is 0 Å². The Balaban J connectivity index is 1.82. The van der Waals surface area contributed by atoms with Crippen LogP contribution in [-0.4, -0.2) is 44.3 Å². The van der Waals surface area contributed by atoms with E-state index in [1.54, 1.807) is 18.3 Å². The first-order chi connectivity index (χ1) is 11.7. The minimum Gasteiger partial charge on any atom is -0.493 e. The van der Waals surface area contributed by atoms with Crippen molar-refractivity contribution in [1.82, 2.24) is 10.7 Å². The lowest BCUT2D eigenvalue weighted by Gasteiger charge is -2.11. The molecule has 128 valence electrons. The third kappa shape index (κ3) is 5.68. The zero-order valence-corrected chi connectivity index (χ0v) is 14.3. The summed E-state index contributed by atoms with van der Waals surface area (Å²) in [5.41, 5.74) is 3.57. The fourth-order valence-electron chi connectivity index (χ4n) is 2.21. The highest BCUT2D eigenvalue weighted by atomic mass is 32.1. The molecule has 0 saturated carbocycles. The molecular formula is C16H20N4O3S. The number of nitrogens with zero attached hydrogens (tertiary/aromatic N) is 2. The quantitative estimate of drug-likeness (QED) is 0.439. The van der Waals surface area contributed by atoms with Crippen molar-refractivity contribution in [3.8, 4) is 17.6 Å². The molecular weight excluding hydrogens is 328 g/mol. The number of hydrogen-bond donors (Lipinski definition) is 2. The smallest absolute Gasteiger partial charge is 0.187 e. The number of methoxy groups -OCH3 is 1. The topological polar surface area (TPSA) is 87.9 Å². The van der Waals surface area contributed by atoms with Crippen LogP contribution < -0.4 is 20.2 Å². The third-order valence-corrected chi connectivity index (χ3v) is 3.61. The number of rotatable bonds is 7. The number of ether oxygens (including phenoxy) is 3. The van der Waals surface area contributed by atoms with Crippen LogP contribution in [0.15, 0.2) is 23.3 Å². The first-order valence-electron chi connectivity index (χ1n) is 7.59. The SMILES string of the molecule is COc1cc(/C=N\NC(=S)NC[C@H]2CCCO2)ccc1OCC#N. The maximum atomic E-state index is 8.56. The molecule has 1 atom stereocenters. The summed E-state index contributed by atoms with van der Waals surface area (Å²) in [6.45, 7) is 1.47. The van der Waals surface area contributed by atoms with Crippen molar-refractivity contribution in [3.05, 3.63) is 23.8 Å². The fraction of sp³-hybridized carbons (Fsp3) is 0.438. The molecule has 0 amide bonds. The monoisotopic (exact) mass is 348 g/mol. The Kier molecular flexibility index (Phi) is 7.26. The predicted octanol–water partition coefficient (Wildman–Crippen LogP) is 1.57. The van der Waals surface area contributed by atoms with Crippen LogP contribution in [-0.2, 0) is 4.74 Å². The second kappa shape index (κ2) is 9.70. The van der Waals surface area contributed by atoms with Gasteiger partial charge in [-0.25, -0.2) is 0 Å². The van der Waals surface area contributed by atoms with E-state index in [0.717, 1.165) is 25.0 Å². The summed E-state index contributed by atoms with van der Waals surface area (Å²) in [5.74, 6) is 1.05. The van der Waals surface area contributed by atoms with E-state index < -0.39 is 0 Å². The molecule has 1 fully saturated rings. The van der Waals surface area contributed by atoms with E-state index in [4.69, 9.17) is 31.7 Å². The van der Waals surface area contributed by atoms with Crippen LogP contribution in [0.4, 0.5) is 0 Å². The number of benzene rings is 1. The molecule has 2 N–H and O–H groups in total. The van der Waals surface area contributed by atoms with Gasteiger partial charge in [0.1, 0.15) is 6.07 Å². The van der Waals surface area contributed by atoms with Crippen molar-refractivity contribution in [1.29, 1.82) is 5.26 Å². The first-order valence-corrected chi connectivity index (χ1v) is 8.00. The molecule has 0 aromatic heterocycles.